The Hall–Kier alpha value is -3.57. The van der Waals surface area contributed by atoms with Crippen LogP contribution in [0.5, 0.6) is 5.75 Å². The zero-order valence-corrected chi connectivity index (χ0v) is 17.6. The minimum atomic E-state index is -0.898. The van der Waals surface area contributed by atoms with E-state index in [-0.39, 0.29) is 22.8 Å². The lowest BCUT2D eigenvalue weighted by atomic mass is 10.1. The minimum absolute atomic E-state index is 0.0399. The molecule has 31 heavy (non-hydrogen) atoms. The van der Waals surface area contributed by atoms with Gasteiger partial charge >= 0.3 is 0 Å². The molecular formula is C25H20ClNO4. The summed E-state index contributed by atoms with van der Waals surface area (Å²) in [5, 5.41) is 3.59. The summed E-state index contributed by atoms with van der Waals surface area (Å²) >= 11 is 6.38. The number of rotatable bonds is 6. The molecule has 1 amide bonds. The molecule has 0 saturated carbocycles. The highest BCUT2D eigenvalue weighted by molar-refractivity contribution is 6.33. The number of nitrogens with one attached hydrogen (secondary N) is 1. The molecule has 0 radical (unpaired) electrons. The number of hydrogen-bond donors (Lipinski definition) is 1. The maximum absolute atomic E-state index is 13.3. The van der Waals surface area contributed by atoms with Crippen LogP contribution in [0.3, 0.4) is 0 Å². The van der Waals surface area contributed by atoms with Crippen molar-refractivity contribution in [2.45, 2.75) is 19.4 Å². The van der Waals surface area contributed by atoms with Crippen molar-refractivity contribution in [3.8, 4) is 17.1 Å². The molecular weight excluding hydrogens is 414 g/mol. The smallest absolute Gasteiger partial charge is 0.265 e. The second-order valence-corrected chi connectivity index (χ2v) is 7.34. The van der Waals surface area contributed by atoms with Crippen LogP contribution >= 0.6 is 11.6 Å². The molecule has 0 saturated heterocycles. The number of halogens is 1. The Kier molecular flexibility index (Phi) is 6.05. The van der Waals surface area contributed by atoms with E-state index in [2.05, 4.69) is 5.32 Å². The van der Waals surface area contributed by atoms with E-state index in [4.69, 9.17) is 20.8 Å². The molecule has 1 aromatic heterocycles. The largest absolute Gasteiger partial charge is 0.473 e. The molecule has 1 N–H and O–H groups in total. The molecule has 0 aliphatic heterocycles. The van der Waals surface area contributed by atoms with Crippen molar-refractivity contribution >= 4 is 34.2 Å². The first kappa shape index (κ1) is 20.7. The van der Waals surface area contributed by atoms with Crippen molar-refractivity contribution in [1.29, 1.82) is 0 Å². The summed E-state index contributed by atoms with van der Waals surface area (Å²) in [7, 11) is 0. The third-order valence-electron chi connectivity index (χ3n) is 4.84. The van der Waals surface area contributed by atoms with Crippen LogP contribution in [0.25, 0.3) is 22.3 Å². The first-order valence-electron chi connectivity index (χ1n) is 9.91. The Balaban J connectivity index is 1.79. The van der Waals surface area contributed by atoms with Gasteiger partial charge in [-0.25, -0.2) is 0 Å². The van der Waals surface area contributed by atoms with E-state index < -0.39 is 6.10 Å². The number of benzene rings is 3. The molecule has 3 aromatic carbocycles. The van der Waals surface area contributed by atoms with Crippen LogP contribution in [0, 0.1) is 0 Å². The second kappa shape index (κ2) is 9.06. The molecule has 1 heterocycles. The average molecular weight is 434 g/mol. The molecule has 0 bridgehead atoms. The van der Waals surface area contributed by atoms with Crippen LogP contribution in [0.4, 0.5) is 5.69 Å². The van der Waals surface area contributed by atoms with Gasteiger partial charge in [0, 0.05) is 11.3 Å². The zero-order valence-electron chi connectivity index (χ0n) is 16.8. The maximum Gasteiger partial charge on any atom is 0.265 e. The fraction of sp³-hybridized carbons (Fsp3) is 0.120. The number of anilines is 1. The highest BCUT2D eigenvalue weighted by Crippen LogP contribution is 2.35. The van der Waals surface area contributed by atoms with Gasteiger partial charge in [-0.05, 0) is 42.8 Å². The number of carbonyl (C=O) groups is 1. The quantitative estimate of drug-likeness (QED) is 0.410. The Labute approximate surface area is 184 Å². The van der Waals surface area contributed by atoms with Crippen molar-refractivity contribution < 1.29 is 13.9 Å². The Bertz CT molecular complexity index is 1280. The predicted octanol–water partition coefficient (Wildman–Crippen LogP) is 5.91. The number of ether oxygens (including phenoxy) is 1. The SMILES string of the molecule is CCC(Oc1c(-c2ccccc2Cl)oc2ccccc2c1=O)C(=O)Nc1ccccc1. The van der Waals surface area contributed by atoms with E-state index in [9.17, 15) is 9.59 Å². The number of carbonyl (C=O) groups excluding carboxylic acids is 1. The summed E-state index contributed by atoms with van der Waals surface area (Å²) in [4.78, 5) is 26.1. The van der Waals surface area contributed by atoms with Gasteiger partial charge in [-0.3, -0.25) is 9.59 Å². The number of para-hydroxylation sites is 2. The van der Waals surface area contributed by atoms with Crippen molar-refractivity contribution in [3.05, 3.63) is 94.1 Å². The first-order valence-corrected chi connectivity index (χ1v) is 10.3. The summed E-state index contributed by atoms with van der Waals surface area (Å²) in [5.74, 6) is -0.200. The minimum Gasteiger partial charge on any atom is -0.473 e. The van der Waals surface area contributed by atoms with Crippen molar-refractivity contribution in [1.82, 2.24) is 0 Å². The average Bonchev–Trinajstić information content (AvgIpc) is 2.79. The van der Waals surface area contributed by atoms with Crippen LogP contribution in [-0.2, 0) is 4.79 Å². The lowest BCUT2D eigenvalue weighted by Crippen LogP contribution is -2.34. The second-order valence-electron chi connectivity index (χ2n) is 6.94. The lowest BCUT2D eigenvalue weighted by molar-refractivity contribution is -0.122. The number of fused-ring (bicyclic) bond motifs is 1. The summed E-state index contributed by atoms with van der Waals surface area (Å²) in [5.41, 5.74) is 1.21. The van der Waals surface area contributed by atoms with Crippen LogP contribution in [0.2, 0.25) is 5.02 Å². The summed E-state index contributed by atoms with van der Waals surface area (Å²) in [6.07, 6.45) is -0.544. The van der Waals surface area contributed by atoms with E-state index >= 15 is 0 Å². The molecule has 4 aromatic rings. The maximum atomic E-state index is 13.3. The Morgan fingerprint density at radius 2 is 1.68 bits per heavy atom. The van der Waals surface area contributed by atoms with Crippen molar-refractivity contribution in [2.75, 3.05) is 5.32 Å². The highest BCUT2D eigenvalue weighted by atomic mass is 35.5. The van der Waals surface area contributed by atoms with Crippen LogP contribution in [0.15, 0.2) is 88.1 Å². The molecule has 1 atom stereocenters. The van der Waals surface area contributed by atoms with Gasteiger partial charge in [0.05, 0.1) is 10.4 Å². The predicted molar refractivity (Wildman–Crippen MR) is 123 cm³/mol. The van der Waals surface area contributed by atoms with E-state index in [1.807, 2.05) is 25.1 Å². The van der Waals surface area contributed by atoms with Crippen molar-refractivity contribution in [2.24, 2.45) is 0 Å². The molecule has 0 spiro atoms. The Morgan fingerprint density at radius 3 is 2.42 bits per heavy atom. The third-order valence-corrected chi connectivity index (χ3v) is 5.17. The van der Waals surface area contributed by atoms with Gasteiger partial charge in [0.25, 0.3) is 5.91 Å². The third kappa shape index (κ3) is 4.32. The monoisotopic (exact) mass is 433 g/mol. The molecule has 156 valence electrons. The van der Waals surface area contributed by atoms with E-state index in [0.717, 1.165) is 0 Å². The van der Waals surface area contributed by atoms with Gasteiger partial charge in [0.1, 0.15) is 5.58 Å². The van der Waals surface area contributed by atoms with Gasteiger partial charge in [0.15, 0.2) is 11.9 Å². The summed E-state index contributed by atoms with van der Waals surface area (Å²) < 4.78 is 12.0. The van der Waals surface area contributed by atoms with Crippen LogP contribution in [-0.4, -0.2) is 12.0 Å². The number of hydrogen-bond acceptors (Lipinski definition) is 4. The van der Waals surface area contributed by atoms with E-state index in [1.54, 1.807) is 60.7 Å². The molecule has 5 nitrogen and oxygen atoms in total. The van der Waals surface area contributed by atoms with Gasteiger partial charge in [-0.1, -0.05) is 61.0 Å². The fourth-order valence-electron chi connectivity index (χ4n) is 3.26. The fourth-order valence-corrected chi connectivity index (χ4v) is 3.48. The molecule has 4 rings (SSSR count). The highest BCUT2D eigenvalue weighted by Gasteiger charge is 2.25. The molecule has 0 aliphatic carbocycles. The summed E-state index contributed by atoms with van der Waals surface area (Å²) in [6.45, 7) is 1.81. The lowest BCUT2D eigenvalue weighted by Gasteiger charge is -2.19. The zero-order chi connectivity index (χ0) is 21.8. The Morgan fingerprint density at radius 1 is 1.00 bits per heavy atom. The van der Waals surface area contributed by atoms with Crippen molar-refractivity contribution in [3.63, 3.8) is 0 Å². The topological polar surface area (TPSA) is 68.5 Å². The van der Waals surface area contributed by atoms with E-state index in [0.29, 0.717) is 33.7 Å². The molecule has 0 aliphatic rings. The van der Waals surface area contributed by atoms with Gasteiger partial charge in [-0.2, -0.15) is 0 Å². The van der Waals surface area contributed by atoms with Crippen LogP contribution < -0.4 is 15.5 Å². The molecule has 1 unspecified atom stereocenters. The first-order chi connectivity index (χ1) is 15.1. The van der Waals surface area contributed by atoms with E-state index in [1.165, 1.54) is 0 Å². The number of amides is 1. The summed E-state index contributed by atoms with van der Waals surface area (Å²) in [6, 6.07) is 23.0. The normalized spacial score (nSPS) is 11.8. The van der Waals surface area contributed by atoms with Gasteiger partial charge in [0.2, 0.25) is 11.2 Å². The van der Waals surface area contributed by atoms with Crippen LogP contribution in [0.1, 0.15) is 13.3 Å². The molecule has 0 fully saturated rings. The van der Waals surface area contributed by atoms with Gasteiger partial charge < -0.3 is 14.5 Å². The van der Waals surface area contributed by atoms with Gasteiger partial charge in [-0.15, -0.1) is 0 Å². The molecule has 6 heteroatoms. The standard InChI is InChI=1S/C25H20ClNO4/c1-2-20(25(29)27-16-10-4-3-5-11-16)30-24-22(28)18-13-7-9-15-21(18)31-23(24)17-12-6-8-14-19(17)26/h3-15,20H,2H2,1H3,(H,27,29).